The van der Waals surface area contributed by atoms with E-state index in [9.17, 15) is 4.79 Å². The Morgan fingerprint density at radius 2 is 2.29 bits per heavy atom. The number of carbonyl (C=O) groups is 1. The molecule has 1 amide bonds. The van der Waals surface area contributed by atoms with E-state index in [2.05, 4.69) is 11.9 Å². The van der Waals surface area contributed by atoms with Crippen LogP contribution in [0.15, 0.2) is 12.2 Å². The molecule has 1 aliphatic heterocycles. The summed E-state index contributed by atoms with van der Waals surface area (Å²) in [5.74, 6) is -0.242. The molecule has 1 saturated heterocycles. The summed E-state index contributed by atoms with van der Waals surface area (Å²) in [6, 6.07) is 2.20. The Hall–Kier alpha value is -1.34. The Morgan fingerprint density at radius 3 is 2.86 bits per heavy atom. The average Bonchev–Trinajstić information content (AvgIpc) is 2.19. The number of carbonyl (C=O) groups excluding carboxylic acids is 1. The monoisotopic (exact) mass is 193 g/mol. The highest BCUT2D eigenvalue weighted by Gasteiger charge is 2.27. The lowest BCUT2D eigenvalue weighted by molar-refractivity contribution is -0.130. The molecule has 1 rings (SSSR count). The standard InChI is InChI=1S/C10H15N3O/c1-7(4-11)10(14)13-6-8(2)12-5-9(13)3/h8-9,12H,1,5-6H2,2-3H3. The first-order valence-corrected chi connectivity index (χ1v) is 4.69. The molecule has 0 aromatic rings. The Balaban J connectivity index is 2.71. The lowest BCUT2D eigenvalue weighted by Crippen LogP contribution is -2.56. The Morgan fingerprint density at radius 1 is 1.64 bits per heavy atom. The van der Waals surface area contributed by atoms with Crippen molar-refractivity contribution in [3.05, 3.63) is 12.2 Å². The van der Waals surface area contributed by atoms with Crippen LogP contribution in [0.1, 0.15) is 13.8 Å². The number of piperazine rings is 1. The fourth-order valence-corrected chi connectivity index (χ4v) is 1.53. The fourth-order valence-electron chi connectivity index (χ4n) is 1.53. The zero-order valence-electron chi connectivity index (χ0n) is 8.58. The average molecular weight is 193 g/mol. The van der Waals surface area contributed by atoms with Crippen molar-refractivity contribution in [3.63, 3.8) is 0 Å². The second-order valence-electron chi connectivity index (χ2n) is 3.71. The van der Waals surface area contributed by atoms with Crippen LogP contribution in [-0.4, -0.2) is 36.0 Å². The first-order valence-electron chi connectivity index (χ1n) is 4.69. The highest BCUT2D eigenvalue weighted by Crippen LogP contribution is 2.09. The van der Waals surface area contributed by atoms with E-state index < -0.39 is 0 Å². The van der Waals surface area contributed by atoms with Crippen molar-refractivity contribution in [3.8, 4) is 6.07 Å². The van der Waals surface area contributed by atoms with Crippen molar-refractivity contribution in [2.24, 2.45) is 0 Å². The number of hydrogen-bond acceptors (Lipinski definition) is 3. The predicted molar refractivity (Wildman–Crippen MR) is 53.4 cm³/mol. The maximum absolute atomic E-state index is 11.7. The first-order chi connectivity index (χ1) is 6.56. The molecule has 0 spiro atoms. The first kappa shape index (κ1) is 10.7. The molecule has 1 heterocycles. The van der Waals surface area contributed by atoms with Crippen LogP contribution in [0, 0.1) is 11.3 Å². The third kappa shape index (κ3) is 2.12. The van der Waals surface area contributed by atoms with Gasteiger partial charge in [0.1, 0.15) is 11.6 Å². The number of rotatable bonds is 1. The minimum atomic E-state index is -0.242. The highest BCUT2D eigenvalue weighted by molar-refractivity contribution is 5.96. The molecule has 2 atom stereocenters. The van der Waals surface area contributed by atoms with Crippen LogP contribution < -0.4 is 5.32 Å². The number of amides is 1. The molecule has 14 heavy (non-hydrogen) atoms. The molecule has 0 bridgehead atoms. The van der Waals surface area contributed by atoms with Crippen LogP contribution in [0.4, 0.5) is 0 Å². The summed E-state index contributed by atoms with van der Waals surface area (Å²) in [4.78, 5) is 13.4. The molecule has 0 aromatic carbocycles. The van der Waals surface area contributed by atoms with Crippen LogP contribution in [0.2, 0.25) is 0 Å². The van der Waals surface area contributed by atoms with Gasteiger partial charge in [-0.2, -0.15) is 5.26 Å². The molecule has 0 aromatic heterocycles. The molecule has 4 heteroatoms. The fraction of sp³-hybridized carbons (Fsp3) is 0.600. The van der Waals surface area contributed by atoms with Gasteiger partial charge in [0.15, 0.2) is 0 Å². The van der Waals surface area contributed by atoms with Crippen LogP contribution in [0.3, 0.4) is 0 Å². The smallest absolute Gasteiger partial charge is 0.264 e. The largest absolute Gasteiger partial charge is 0.333 e. The Kier molecular flexibility index (Phi) is 3.26. The SMILES string of the molecule is C=C(C#N)C(=O)N1CC(C)NCC1C. The highest BCUT2D eigenvalue weighted by atomic mass is 16.2. The van der Waals surface area contributed by atoms with Crippen LogP contribution in [-0.2, 0) is 4.79 Å². The summed E-state index contributed by atoms with van der Waals surface area (Å²) in [5.41, 5.74) is 0.0194. The summed E-state index contributed by atoms with van der Waals surface area (Å²) in [6.07, 6.45) is 0. The van der Waals surface area contributed by atoms with Crippen molar-refractivity contribution in [2.45, 2.75) is 25.9 Å². The topological polar surface area (TPSA) is 56.1 Å². The maximum Gasteiger partial charge on any atom is 0.264 e. The van der Waals surface area contributed by atoms with E-state index in [-0.39, 0.29) is 23.6 Å². The van der Waals surface area contributed by atoms with Gasteiger partial charge in [-0.3, -0.25) is 4.79 Å². The molecule has 76 valence electrons. The predicted octanol–water partition coefficient (Wildman–Crippen LogP) is 0.275. The summed E-state index contributed by atoms with van der Waals surface area (Å²) in [6.45, 7) is 8.82. The second kappa shape index (κ2) is 4.25. The third-order valence-corrected chi connectivity index (χ3v) is 2.42. The summed E-state index contributed by atoms with van der Waals surface area (Å²) in [5, 5.41) is 11.8. The number of nitriles is 1. The van der Waals surface area contributed by atoms with E-state index in [1.165, 1.54) is 0 Å². The van der Waals surface area contributed by atoms with Gasteiger partial charge in [0.2, 0.25) is 0 Å². The van der Waals surface area contributed by atoms with Crippen LogP contribution >= 0.6 is 0 Å². The summed E-state index contributed by atoms with van der Waals surface area (Å²) >= 11 is 0. The molecule has 1 aliphatic rings. The number of nitrogens with one attached hydrogen (secondary N) is 1. The van der Waals surface area contributed by atoms with Gasteiger partial charge in [0.05, 0.1) is 0 Å². The van der Waals surface area contributed by atoms with Gasteiger partial charge in [-0.05, 0) is 13.8 Å². The molecule has 2 unspecified atom stereocenters. The minimum absolute atomic E-state index is 0.0194. The minimum Gasteiger partial charge on any atom is -0.333 e. The molecule has 0 radical (unpaired) electrons. The summed E-state index contributed by atoms with van der Waals surface area (Å²) in [7, 11) is 0. The van der Waals surface area contributed by atoms with Gasteiger partial charge in [0, 0.05) is 25.2 Å². The lowest BCUT2D eigenvalue weighted by Gasteiger charge is -2.37. The van der Waals surface area contributed by atoms with Crippen LogP contribution in [0.5, 0.6) is 0 Å². The third-order valence-electron chi connectivity index (χ3n) is 2.42. The normalized spacial score (nSPS) is 26.8. The Bertz CT molecular complexity index is 292. The quantitative estimate of drug-likeness (QED) is 0.480. The molecule has 1 fully saturated rings. The van der Waals surface area contributed by atoms with Gasteiger partial charge < -0.3 is 10.2 Å². The molecular weight excluding hydrogens is 178 g/mol. The van der Waals surface area contributed by atoms with Crippen molar-refractivity contribution in [2.75, 3.05) is 13.1 Å². The maximum atomic E-state index is 11.7. The molecule has 0 saturated carbocycles. The van der Waals surface area contributed by atoms with Crippen molar-refractivity contribution < 1.29 is 4.79 Å². The van der Waals surface area contributed by atoms with Crippen LogP contribution in [0.25, 0.3) is 0 Å². The van der Waals surface area contributed by atoms with Gasteiger partial charge >= 0.3 is 0 Å². The Labute approximate surface area is 84.2 Å². The number of nitrogens with zero attached hydrogens (tertiary/aromatic N) is 2. The van der Waals surface area contributed by atoms with E-state index in [1.807, 2.05) is 13.8 Å². The van der Waals surface area contributed by atoms with E-state index >= 15 is 0 Å². The van der Waals surface area contributed by atoms with Crippen molar-refractivity contribution in [1.29, 1.82) is 5.26 Å². The zero-order valence-corrected chi connectivity index (χ0v) is 8.58. The molecule has 4 nitrogen and oxygen atoms in total. The van der Waals surface area contributed by atoms with E-state index in [4.69, 9.17) is 5.26 Å². The zero-order chi connectivity index (χ0) is 10.7. The second-order valence-corrected chi connectivity index (χ2v) is 3.71. The van der Waals surface area contributed by atoms with Crippen molar-refractivity contribution >= 4 is 5.91 Å². The molecular formula is C10H15N3O. The molecule has 1 N–H and O–H groups in total. The van der Waals surface area contributed by atoms with Gasteiger partial charge in [-0.25, -0.2) is 0 Å². The van der Waals surface area contributed by atoms with E-state index in [0.29, 0.717) is 6.54 Å². The van der Waals surface area contributed by atoms with Crippen molar-refractivity contribution in [1.82, 2.24) is 10.2 Å². The van der Waals surface area contributed by atoms with E-state index in [1.54, 1.807) is 11.0 Å². The van der Waals surface area contributed by atoms with E-state index in [0.717, 1.165) is 6.54 Å². The van der Waals surface area contributed by atoms with Gasteiger partial charge in [0.25, 0.3) is 5.91 Å². The van der Waals surface area contributed by atoms with Gasteiger partial charge in [-0.1, -0.05) is 6.58 Å². The van der Waals surface area contributed by atoms with Gasteiger partial charge in [-0.15, -0.1) is 0 Å². The lowest BCUT2D eigenvalue weighted by atomic mass is 10.1. The summed E-state index contributed by atoms with van der Waals surface area (Å²) < 4.78 is 0. The molecule has 0 aliphatic carbocycles. The number of hydrogen-bond donors (Lipinski definition) is 1.